The van der Waals surface area contributed by atoms with Crippen LogP contribution < -0.4 is 4.74 Å². The summed E-state index contributed by atoms with van der Waals surface area (Å²) >= 11 is 0. The van der Waals surface area contributed by atoms with Crippen LogP contribution >= 0.6 is 0 Å². The summed E-state index contributed by atoms with van der Waals surface area (Å²) in [5.41, 5.74) is 0.624. The monoisotopic (exact) mass is 291 g/mol. The number of Topliss-reactive ketones (excluding diaryl/α,β-unsaturated/α-hetero) is 1. The molecule has 0 spiro atoms. The molecule has 1 aromatic carbocycles. The van der Waals surface area contributed by atoms with E-state index < -0.39 is 0 Å². The molecule has 1 fully saturated rings. The average Bonchev–Trinajstić information content (AvgIpc) is 2.55. The minimum absolute atomic E-state index is 0.0615. The number of ether oxygens (including phenoxy) is 1. The normalized spacial score (nSPS) is 16.1. The molecule has 21 heavy (non-hydrogen) atoms. The zero-order chi connectivity index (χ0) is 15.1. The second kappa shape index (κ2) is 8.15. The van der Waals surface area contributed by atoms with Crippen molar-refractivity contribution in [3.63, 3.8) is 0 Å². The van der Waals surface area contributed by atoms with E-state index in [9.17, 15) is 9.90 Å². The first-order chi connectivity index (χ1) is 10.3. The summed E-state index contributed by atoms with van der Waals surface area (Å²) in [6, 6.07) is 7.75. The molecule has 1 aliphatic carbocycles. The lowest BCUT2D eigenvalue weighted by atomic mass is 9.93. The minimum atomic E-state index is 0.0615. The summed E-state index contributed by atoms with van der Waals surface area (Å²) in [6.45, 7) is 1.01. The van der Waals surface area contributed by atoms with Crippen molar-refractivity contribution in [3.8, 4) is 5.75 Å². The zero-order valence-electron chi connectivity index (χ0n) is 12.8. The molecule has 1 saturated carbocycles. The molecule has 4 heteroatoms. The Balaban J connectivity index is 2.06. The largest absolute Gasteiger partial charge is 0.496 e. The zero-order valence-corrected chi connectivity index (χ0v) is 12.8. The fraction of sp³-hybridized carbons (Fsp3) is 0.588. The summed E-state index contributed by atoms with van der Waals surface area (Å²) in [5.74, 6) is 0.682. The van der Waals surface area contributed by atoms with Crippen LogP contribution in [0.2, 0.25) is 0 Å². The van der Waals surface area contributed by atoms with Gasteiger partial charge in [-0.2, -0.15) is 0 Å². The fourth-order valence-corrected chi connectivity index (χ4v) is 3.11. The Morgan fingerprint density at radius 3 is 2.67 bits per heavy atom. The first kappa shape index (κ1) is 16.0. The quantitative estimate of drug-likeness (QED) is 0.784. The van der Waals surface area contributed by atoms with Crippen LogP contribution in [0.25, 0.3) is 0 Å². The second-order valence-electron chi connectivity index (χ2n) is 5.61. The van der Waals surface area contributed by atoms with Crippen molar-refractivity contribution in [1.29, 1.82) is 0 Å². The van der Waals surface area contributed by atoms with E-state index in [1.54, 1.807) is 13.2 Å². The van der Waals surface area contributed by atoms with E-state index in [0.717, 1.165) is 12.8 Å². The molecular formula is C17H25NO3. The molecule has 0 saturated heterocycles. The van der Waals surface area contributed by atoms with Gasteiger partial charge in [0.15, 0.2) is 5.78 Å². The van der Waals surface area contributed by atoms with Crippen molar-refractivity contribution >= 4 is 5.78 Å². The number of benzene rings is 1. The van der Waals surface area contributed by atoms with Crippen LogP contribution in [0.5, 0.6) is 5.75 Å². The second-order valence-corrected chi connectivity index (χ2v) is 5.61. The Bertz CT molecular complexity index is 455. The molecule has 0 bridgehead atoms. The maximum atomic E-state index is 12.5. The average molecular weight is 291 g/mol. The maximum absolute atomic E-state index is 12.5. The molecule has 0 aliphatic heterocycles. The third-order valence-corrected chi connectivity index (χ3v) is 4.23. The van der Waals surface area contributed by atoms with Gasteiger partial charge in [0.1, 0.15) is 5.75 Å². The van der Waals surface area contributed by atoms with Gasteiger partial charge in [-0.05, 0) is 25.0 Å². The topological polar surface area (TPSA) is 49.8 Å². The van der Waals surface area contributed by atoms with Crippen LogP contribution in [0.1, 0.15) is 42.5 Å². The fourth-order valence-electron chi connectivity index (χ4n) is 3.11. The first-order valence-electron chi connectivity index (χ1n) is 7.77. The van der Waals surface area contributed by atoms with Crippen molar-refractivity contribution in [3.05, 3.63) is 29.8 Å². The van der Waals surface area contributed by atoms with Crippen LogP contribution in [0.4, 0.5) is 0 Å². The molecule has 1 aromatic rings. The van der Waals surface area contributed by atoms with Gasteiger partial charge >= 0.3 is 0 Å². The van der Waals surface area contributed by atoms with Crippen LogP contribution in [-0.4, -0.2) is 48.6 Å². The third kappa shape index (κ3) is 4.29. The number of carbonyl (C=O) groups excluding carboxylic acids is 1. The number of aliphatic hydroxyl groups is 1. The van der Waals surface area contributed by atoms with Gasteiger partial charge in [0.05, 0.1) is 25.8 Å². The first-order valence-corrected chi connectivity index (χ1v) is 7.77. The van der Waals surface area contributed by atoms with E-state index in [1.165, 1.54) is 19.3 Å². The molecule has 0 heterocycles. The molecule has 1 N–H and O–H groups in total. The highest BCUT2D eigenvalue weighted by molar-refractivity contribution is 6.00. The number of nitrogens with zero attached hydrogens (tertiary/aromatic N) is 1. The van der Waals surface area contributed by atoms with E-state index in [2.05, 4.69) is 4.90 Å². The minimum Gasteiger partial charge on any atom is -0.496 e. The molecule has 0 unspecified atom stereocenters. The number of rotatable bonds is 7. The molecule has 116 valence electrons. The summed E-state index contributed by atoms with van der Waals surface area (Å²) in [4.78, 5) is 14.7. The number of methoxy groups -OCH3 is 1. The summed E-state index contributed by atoms with van der Waals surface area (Å²) < 4.78 is 5.26. The van der Waals surface area contributed by atoms with E-state index in [1.807, 2.05) is 18.2 Å². The Morgan fingerprint density at radius 1 is 1.29 bits per heavy atom. The lowest BCUT2D eigenvalue weighted by Crippen LogP contribution is -2.42. The molecule has 0 radical (unpaired) electrons. The molecule has 2 rings (SSSR count). The molecule has 4 nitrogen and oxygen atoms in total. The van der Waals surface area contributed by atoms with Gasteiger partial charge in [-0.25, -0.2) is 0 Å². The highest BCUT2D eigenvalue weighted by Gasteiger charge is 2.24. The maximum Gasteiger partial charge on any atom is 0.180 e. The molecular weight excluding hydrogens is 266 g/mol. The van der Waals surface area contributed by atoms with Crippen molar-refractivity contribution in [2.45, 2.75) is 38.1 Å². The van der Waals surface area contributed by atoms with E-state index in [-0.39, 0.29) is 12.4 Å². The predicted octanol–water partition coefficient (Wildman–Crippen LogP) is 2.50. The van der Waals surface area contributed by atoms with Crippen LogP contribution in [-0.2, 0) is 0 Å². The van der Waals surface area contributed by atoms with Crippen molar-refractivity contribution in [2.24, 2.45) is 0 Å². The highest BCUT2D eigenvalue weighted by atomic mass is 16.5. The summed E-state index contributed by atoms with van der Waals surface area (Å²) in [7, 11) is 1.58. The smallest absolute Gasteiger partial charge is 0.180 e. The van der Waals surface area contributed by atoms with Crippen LogP contribution in [0.3, 0.4) is 0 Å². The molecule has 0 aromatic heterocycles. The Hall–Kier alpha value is -1.39. The van der Waals surface area contributed by atoms with E-state index >= 15 is 0 Å². The molecule has 0 amide bonds. The number of aliphatic hydroxyl groups excluding tert-OH is 1. The highest BCUT2D eigenvalue weighted by Crippen LogP contribution is 2.24. The number of ketones is 1. The molecule has 0 atom stereocenters. The Morgan fingerprint density at radius 2 is 2.00 bits per heavy atom. The lowest BCUT2D eigenvalue weighted by molar-refractivity contribution is 0.0812. The lowest BCUT2D eigenvalue weighted by Gasteiger charge is -2.33. The van der Waals surface area contributed by atoms with Crippen LogP contribution in [0.15, 0.2) is 24.3 Å². The van der Waals surface area contributed by atoms with E-state index in [4.69, 9.17) is 4.74 Å². The van der Waals surface area contributed by atoms with Crippen molar-refractivity contribution in [1.82, 2.24) is 4.90 Å². The van der Waals surface area contributed by atoms with Gasteiger partial charge in [0.2, 0.25) is 0 Å². The number of carbonyl (C=O) groups is 1. The van der Waals surface area contributed by atoms with Gasteiger partial charge in [-0.15, -0.1) is 0 Å². The van der Waals surface area contributed by atoms with Crippen molar-refractivity contribution < 1.29 is 14.6 Å². The van der Waals surface area contributed by atoms with Crippen LogP contribution in [0, 0.1) is 0 Å². The number of hydrogen-bond donors (Lipinski definition) is 1. The molecule has 1 aliphatic rings. The SMILES string of the molecule is COc1ccccc1C(=O)CN(CCO)C1CCCCC1. The van der Waals surface area contributed by atoms with Gasteiger partial charge in [0.25, 0.3) is 0 Å². The standard InChI is InChI=1S/C17H25NO3/c1-21-17-10-6-5-9-15(17)16(20)13-18(11-12-19)14-7-3-2-4-8-14/h5-6,9-10,14,19H,2-4,7-8,11-13H2,1H3. The third-order valence-electron chi connectivity index (χ3n) is 4.23. The van der Waals surface area contributed by atoms with E-state index in [0.29, 0.717) is 30.4 Å². The Labute approximate surface area is 126 Å². The summed E-state index contributed by atoms with van der Waals surface area (Å²) in [6.07, 6.45) is 5.97. The predicted molar refractivity (Wildman–Crippen MR) is 82.9 cm³/mol. The Kier molecular flexibility index (Phi) is 6.21. The van der Waals surface area contributed by atoms with Crippen molar-refractivity contribution in [2.75, 3.05) is 26.8 Å². The van der Waals surface area contributed by atoms with Gasteiger partial charge in [0, 0.05) is 12.6 Å². The summed E-state index contributed by atoms with van der Waals surface area (Å²) in [5, 5.41) is 9.27. The van der Waals surface area contributed by atoms with Gasteiger partial charge in [-0.3, -0.25) is 9.69 Å². The number of hydrogen-bond acceptors (Lipinski definition) is 4. The van der Waals surface area contributed by atoms with Gasteiger partial charge < -0.3 is 9.84 Å². The van der Waals surface area contributed by atoms with Gasteiger partial charge in [-0.1, -0.05) is 31.4 Å². The number of para-hydroxylation sites is 1.